The van der Waals surface area contributed by atoms with E-state index in [2.05, 4.69) is 16.7 Å². The summed E-state index contributed by atoms with van der Waals surface area (Å²) >= 11 is 0. The van der Waals surface area contributed by atoms with Crippen molar-refractivity contribution in [1.29, 1.82) is 0 Å². The SMILES string of the molecule is COc1ccc(S(=O)(=O)Nc2cccc3c2O[C@H](CN(C)CC2CCCCC2)[C@@H](C)CN([C@@H](C)CO)C3=O)cc1. The molecular weight excluding hydrogens is 530 g/mol. The van der Waals surface area contributed by atoms with Crippen LogP contribution in [0.25, 0.3) is 0 Å². The molecule has 0 radical (unpaired) electrons. The van der Waals surface area contributed by atoms with Crippen LogP contribution in [0.4, 0.5) is 5.69 Å². The van der Waals surface area contributed by atoms with Crippen LogP contribution in [0.5, 0.6) is 11.5 Å². The minimum atomic E-state index is -3.98. The molecule has 1 amide bonds. The van der Waals surface area contributed by atoms with Gasteiger partial charge in [-0.05, 0) is 69.1 Å². The number of aliphatic hydroxyl groups is 1. The smallest absolute Gasteiger partial charge is 0.262 e. The lowest BCUT2D eigenvalue weighted by Gasteiger charge is -2.39. The van der Waals surface area contributed by atoms with Crippen LogP contribution in [0.1, 0.15) is 56.3 Å². The standard InChI is InChI=1S/C30H43N3O6S/c1-21-17-33(22(2)20-34)30(35)26-11-8-12-27(31-40(36,37)25-15-13-24(38-4)14-16-25)29(26)39-28(21)19-32(3)18-23-9-6-5-7-10-23/h8,11-16,21-23,28,31,34H,5-7,9-10,17-20H2,1-4H3/t21-,22-,28+/m0/s1. The molecule has 0 spiro atoms. The van der Waals surface area contributed by atoms with Crippen molar-refractivity contribution in [3.05, 3.63) is 48.0 Å². The maximum absolute atomic E-state index is 13.7. The number of fused-ring (bicyclic) bond motifs is 1. The Morgan fingerprint density at radius 1 is 1.12 bits per heavy atom. The summed E-state index contributed by atoms with van der Waals surface area (Å²) in [7, 11) is -0.363. The molecule has 4 rings (SSSR count). The van der Waals surface area contributed by atoms with Gasteiger partial charge in [-0.3, -0.25) is 9.52 Å². The zero-order valence-electron chi connectivity index (χ0n) is 24.0. The molecule has 0 aromatic heterocycles. The number of anilines is 1. The molecule has 1 fully saturated rings. The van der Waals surface area contributed by atoms with Crippen molar-refractivity contribution in [2.75, 3.05) is 45.1 Å². The molecule has 2 aromatic rings. The molecule has 2 aliphatic rings. The first-order valence-electron chi connectivity index (χ1n) is 14.2. The number of hydrogen-bond acceptors (Lipinski definition) is 7. The number of carbonyl (C=O) groups excluding carboxylic acids is 1. The van der Waals surface area contributed by atoms with Gasteiger partial charge in [0.05, 0.1) is 35.9 Å². The number of methoxy groups -OCH3 is 1. The van der Waals surface area contributed by atoms with E-state index >= 15 is 0 Å². The molecule has 40 heavy (non-hydrogen) atoms. The number of nitrogens with one attached hydrogen (secondary N) is 1. The molecule has 9 nitrogen and oxygen atoms in total. The van der Waals surface area contributed by atoms with Crippen molar-refractivity contribution in [2.24, 2.45) is 11.8 Å². The van der Waals surface area contributed by atoms with Crippen LogP contribution in [0.3, 0.4) is 0 Å². The number of para-hydroxylation sites is 1. The number of likely N-dealkylation sites (N-methyl/N-ethyl adjacent to an activating group) is 1. The van der Waals surface area contributed by atoms with Crippen LogP contribution < -0.4 is 14.2 Å². The maximum atomic E-state index is 13.7. The Morgan fingerprint density at radius 3 is 2.48 bits per heavy atom. The molecule has 1 aliphatic heterocycles. The molecule has 3 atom stereocenters. The third-order valence-electron chi connectivity index (χ3n) is 8.09. The zero-order chi connectivity index (χ0) is 28.9. The number of aliphatic hydroxyl groups excluding tert-OH is 1. The van der Waals surface area contributed by atoms with E-state index in [0.29, 0.717) is 24.8 Å². The number of sulfonamides is 1. The Bertz CT molecular complexity index is 1250. The second-order valence-electron chi connectivity index (χ2n) is 11.3. The van der Waals surface area contributed by atoms with Crippen LogP contribution >= 0.6 is 0 Å². The molecule has 0 bridgehead atoms. The Labute approximate surface area is 238 Å². The van der Waals surface area contributed by atoms with E-state index < -0.39 is 16.1 Å². The molecule has 0 unspecified atom stereocenters. The van der Waals surface area contributed by atoms with Crippen molar-refractivity contribution in [3.63, 3.8) is 0 Å². The van der Waals surface area contributed by atoms with E-state index in [1.54, 1.807) is 35.2 Å². The topological polar surface area (TPSA) is 108 Å². The molecule has 1 saturated carbocycles. The predicted molar refractivity (Wildman–Crippen MR) is 155 cm³/mol. The summed E-state index contributed by atoms with van der Waals surface area (Å²) in [6.07, 6.45) is 6.03. The lowest BCUT2D eigenvalue weighted by atomic mass is 9.89. The van der Waals surface area contributed by atoms with Gasteiger partial charge in [0.15, 0.2) is 5.75 Å². The summed E-state index contributed by atoms with van der Waals surface area (Å²) in [5.41, 5.74) is 0.467. The average molecular weight is 574 g/mol. The predicted octanol–water partition coefficient (Wildman–Crippen LogP) is 4.23. The number of carbonyl (C=O) groups is 1. The number of ether oxygens (including phenoxy) is 2. The highest BCUT2D eigenvalue weighted by atomic mass is 32.2. The lowest BCUT2D eigenvalue weighted by Crippen LogP contribution is -2.50. The summed E-state index contributed by atoms with van der Waals surface area (Å²) in [6.45, 7) is 5.70. The van der Waals surface area contributed by atoms with Gasteiger partial charge in [-0.1, -0.05) is 32.3 Å². The summed E-state index contributed by atoms with van der Waals surface area (Å²) in [6, 6.07) is 10.6. The van der Waals surface area contributed by atoms with E-state index in [9.17, 15) is 18.3 Å². The van der Waals surface area contributed by atoms with Crippen LogP contribution in [-0.2, 0) is 10.0 Å². The first kappa shape index (κ1) is 30.1. The number of hydrogen-bond donors (Lipinski definition) is 2. The van der Waals surface area contributed by atoms with Crippen molar-refractivity contribution in [2.45, 2.75) is 63.0 Å². The Hall–Kier alpha value is -2.82. The lowest BCUT2D eigenvalue weighted by molar-refractivity contribution is 0.0333. The van der Waals surface area contributed by atoms with E-state index in [0.717, 1.165) is 6.54 Å². The second-order valence-corrected chi connectivity index (χ2v) is 13.0. The van der Waals surface area contributed by atoms with Crippen LogP contribution in [0.15, 0.2) is 47.4 Å². The van der Waals surface area contributed by atoms with Gasteiger partial charge in [0, 0.05) is 25.6 Å². The van der Waals surface area contributed by atoms with Crippen LogP contribution in [0.2, 0.25) is 0 Å². The molecular formula is C30H43N3O6S. The average Bonchev–Trinajstić information content (AvgIpc) is 2.95. The first-order valence-corrected chi connectivity index (χ1v) is 15.7. The van der Waals surface area contributed by atoms with Gasteiger partial charge in [0.1, 0.15) is 11.9 Å². The fourth-order valence-corrected chi connectivity index (χ4v) is 6.75. The van der Waals surface area contributed by atoms with Crippen LogP contribution in [-0.4, -0.2) is 81.8 Å². The molecule has 10 heteroatoms. The minimum Gasteiger partial charge on any atom is -0.497 e. The number of rotatable bonds is 10. The Balaban J connectivity index is 1.67. The summed E-state index contributed by atoms with van der Waals surface area (Å²) in [5.74, 6) is 1.05. The number of nitrogens with zero attached hydrogens (tertiary/aromatic N) is 2. The van der Waals surface area contributed by atoms with Crippen molar-refractivity contribution < 1.29 is 27.8 Å². The second kappa shape index (κ2) is 13.2. The highest BCUT2D eigenvalue weighted by Crippen LogP contribution is 2.36. The fraction of sp³-hybridized carbons (Fsp3) is 0.567. The minimum absolute atomic E-state index is 0.0637. The van der Waals surface area contributed by atoms with Gasteiger partial charge in [-0.25, -0.2) is 8.42 Å². The molecule has 1 aliphatic carbocycles. The third kappa shape index (κ3) is 7.08. The van der Waals surface area contributed by atoms with Gasteiger partial charge in [-0.15, -0.1) is 0 Å². The number of benzene rings is 2. The van der Waals surface area contributed by atoms with Crippen molar-refractivity contribution >= 4 is 21.6 Å². The molecule has 2 N–H and O–H groups in total. The summed E-state index contributed by atoms with van der Waals surface area (Å²) in [4.78, 5) is 17.7. The van der Waals surface area contributed by atoms with E-state index in [-0.39, 0.29) is 46.4 Å². The van der Waals surface area contributed by atoms with E-state index in [1.165, 1.54) is 51.3 Å². The molecule has 1 heterocycles. The first-order chi connectivity index (χ1) is 19.1. The van der Waals surface area contributed by atoms with Gasteiger partial charge in [0.2, 0.25) is 0 Å². The van der Waals surface area contributed by atoms with Gasteiger partial charge >= 0.3 is 0 Å². The van der Waals surface area contributed by atoms with E-state index in [1.807, 2.05) is 13.8 Å². The fourth-order valence-electron chi connectivity index (χ4n) is 5.69. The van der Waals surface area contributed by atoms with Crippen molar-refractivity contribution in [1.82, 2.24) is 9.80 Å². The van der Waals surface area contributed by atoms with Gasteiger partial charge in [0.25, 0.3) is 15.9 Å². The number of amides is 1. The Morgan fingerprint density at radius 2 is 1.82 bits per heavy atom. The summed E-state index contributed by atoms with van der Waals surface area (Å²) < 4.78 is 41.1. The quantitative estimate of drug-likeness (QED) is 0.438. The van der Waals surface area contributed by atoms with Gasteiger partial charge in [-0.2, -0.15) is 0 Å². The summed E-state index contributed by atoms with van der Waals surface area (Å²) in [5, 5.41) is 9.93. The highest BCUT2D eigenvalue weighted by molar-refractivity contribution is 7.92. The Kier molecular flexibility index (Phi) is 9.97. The monoisotopic (exact) mass is 573 g/mol. The maximum Gasteiger partial charge on any atom is 0.262 e. The third-order valence-corrected chi connectivity index (χ3v) is 9.47. The zero-order valence-corrected chi connectivity index (χ0v) is 24.8. The largest absolute Gasteiger partial charge is 0.497 e. The highest BCUT2D eigenvalue weighted by Gasteiger charge is 2.35. The van der Waals surface area contributed by atoms with Crippen molar-refractivity contribution in [3.8, 4) is 11.5 Å². The van der Waals surface area contributed by atoms with Gasteiger partial charge < -0.3 is 24.4 Å². The normalized spacial score (nSPS) is 21.2. The van der Waals surface area contributed by atoms with Crippen LogP contribution in [0, 0.1) is 11.8 Å². The molecule has 0 saturated heterocycles. The molecule has 220 valence electrons. The molecule has 2 aromatic carbocycles. The van der Waals surface area contributed by atoms with E-state index in [4.69, 9.17) is 9.47 Å².